The number of hydrogen-bond acceptors (Lipinski definition) is 11. The summed E-state index contributed by atoms with van der Waals surface area (Å²) in [7, 11) is 6.08. The average Bonchev–Trinajstić information content (AvgIpc) is 3.11. The fourth-order valence-electron chi connectivity index (χ4n) is 6.18. The summed E-state index contributed by atoms with van der Waals surface area (Å²) < 4.78 is 29.0. The van der Waals surface area contributed by atoms with Crippen LogP contribution in [0.2, 0.25) is 0 Å². The van der Waals surface area contributed by atoms with Crippen LogP contribution in [0, 0.1) is 21.7 Å². The van der Waals surface area contributed by atoms with Gasteiger partial charge in [0.2, 0.25) is 0 Å². The van der Waals surface area contributed by atoms with Gasteiger partial charge in [0.25, 0.3) is 0 Å². The molecular weight excluding hydrogens is 721 g/mol. The molecule has 4 rings (SSSR count). The number of azo groups is 2. The van der Waals surface area contributed by atoms with E-state index in [1.54, 1.807) is 36.7 Å². The van der Waals surface area contributed by atoms with Gasteiger partial charge in [0.1, 0.15) is 11.5 Å². The Morgan fingerprint density at radius 1 is 0.439 bits per heavy atom. The fraction of sp³-hybridized carbons (Fsp3) is 0.435. The number of rotatable bonds is 10. The van der Waals surface area contributed by atoms with Gasteiger partial charge in [0.15, 0.2) is 45.9 Å². The highest BCUT2D eigenvalue weighted by molar-refractivity contribution is 6.12. The molecule has 0 spiro atoms. The molecule has 0 unspecified atom stereocenters. The van der Waals surface area contributed by atoms with Crippen LogP contribution in [0.1, 0.15) is 83.1 Å². The number of ketones is 2. The topological polar surface area (TPSA) is 130 Å². The third kappa shape index (κ3) is 10.4. The summed E-state index contributed by atoms with van der Waals surface area (Å²) in [5, 5.41) is 17.7. The van der Waals surface area contributed by atoms with E-state index in [-0.39, 0.29) is 33.2 Å². The number of allylic oxidation sites excluding steroid dienone is 10. The maximum absolute atomic E-state index is 13.4. The van der Waals surface area contributed by atoms with Crippen molar-refractivity contribution in [1.29, 1.82) is 0 Å². The lowest BCUT2D eigenvalue weighted by Gasteiger charge is -2.31. The summed E-state index contributed by atoms with van der Waals surface area (Å²) in [6, 6.07) is 6.69. The molecule has 0 aliphatic heterocycles. The van der Waals surface area contributed by atoms with E-state index >= 15 is 0 Å². The maximum atomic E-state index is 13.4. The van der Waals surface area contributed by atoms with Crippen molar-refractivity contribution in [3.05, 3.63) is 94.4 Å². The Labute approximate surface area is 338 Å². The second-order valence-electron chi connectivity index (χ2n) is 18.0. The van der Waals surface area contributed by atoms with Gasteiger partial charge in [-0.2, -0.15) is 10.2 Å². The lowest BCUT2D eigenvalue weighted by molar-refractivity contribution is -0.114. The molecule has 0 fully saturated rings. The van der Waals surface area contributed by atoms with Gasteiger partial charge in [-0.1, -0.05) is 83.1 Å². The molecule has 304 valence electrons. The van der Waals surface area contributed by atoms with Crippen molar-refractivity contribution < 1.29 is 33.3 Å². The second-order valence-corrected chi connectivity index (χ2v) is 18.0. The molecule has 0 bridgehead atoms. The highest BCUT2D eigenvalue weighted by Gasteiger charge is 2.35. The third-order valence-electron chi connectivity index (χ3n) is 9.33. The zero-order valence-corrected chi connectivity index (χ0v) is 36.4. The van der Waals surface area contributed by atoms with Gasteiger partial charge in [-0.3, -0.25) is 9.59 Å². The quantitative estimate of drug-likeness (QED) is 0.219. The Hall–Kier alpha value is -5.58. The standard InChI is InChI=1S/C46H58N4O7/c1-43(2,3)31-17-27(18-32(41(31)51)44(4,5)6)25-47-49-39-35(53-13)21-29(22-36(39)54-14)57-30-23-37(55-15)40(38(24-30)56-16)50-48-26-28-19-33(45(7,8)9)42(52)34(20-28)46(10,11)12/h17-26H,1-16H3. The first-order chi connectivity index (χ1) is 26.4. The molecule has 0 aromatic heterocycles. The highest BCUT2D eigenvalue weighted by Crippen LogP contribution is 2.46. The smallest absolute Gasteiger partial charge is 0.186 e. The van der Waals surface area contributed by atoms with Gasteiger partial charge in [-0.05, 0) is 57.1 Å². The maximum Gasteiger partial charge on any atom is 0.186 e. The molecule has 2 aromatic carbocycles. The predicted molar refractivity (Wildman–Crippen MR) is 225 cm³/mol. The van der Waals surface area contributed by atoms with E-state index in [2.05, 4.69) is 20.5 Å². The van der Waals surface area contributed by atoms with Crippen molar-refractivity contribution in [3.63, 3.8) is 0 Å². The lowest BCUT2D eigenvalue weighted by Crippen LogP contribution is -2.27. The van der Waals surface area contributed by atoms with Gasteiger partial charge < -0.3 is 23.7 Å². The van der Waals surface area contributed by atoms with E-state index in [4.69, 9.17) is 23.7 Å². The minimum absolute atomic E-state index is 0.0453. The molecule has 0 atom stereocenters. The van der Waals surface area contributed by atoms with Gasteiger partial charge in [-0.15, -0.1) is 10.2 Å². The number of nitrogens with zero attached hydrogens (tertiary/aromatic N) is 4. The van der Waals surface area contributed by atoms with E-state index in [1.165, 1.54) is 28.4 Å². The minimum atomic E-state index is -0.349. The number of carbonyl (C=O) groups is 2. The van der Waals surface area contributed by atoms with Crippen LogP contribution >= 0.6 is 0 Å². The van der Waals surface area contributed by atoms with E-state index < -0.39 is 0 Å². The molecule has 0 amide bonds. The molecule has 0 heterocycles. The first kappa shape index (κ1) is 44.1. The number of ether oxygens (including phenoxy) is 5. The van der Waals surface area contributed by atoms with Crippen molar-refractivity contribution in [2.45, 2.75) is 83.1 Å². The average molecular weight is 779 g/mol. The number of Topliss-reactive ketones (excluding diaryl/α,β-unsaturated/α-hetero) is 2. The summed E-state index contributed by atoms with van der Waals surface area (Å²) in [5.74, 6) is 2.30. The van der Waals surface area contributed by atoms with Crippen LogP contribution in [0.4, 0.5) is 11.4 Å². The zero-order valence-electron chi connectivity index (χ0n) is 36.4. The molecule has 2 aliphatic rings. The van der Waals surface area contributed by atoms with Crippen LogP contribution < -0.4 is 23.7 Å². The molecule has 2 aliphatic carbocycles. The van der Waals surface area contributed by atoms with E-state index in [1.807, 2.05) is 107 Å². The van der Waals surface area contributed by atoms with Crippen LogP contribution in [-0.2, 0) is 9.59 Å². The zero-order chi connectivity index (χ0) is 42.7. The summed E-state index contributed by atoms with van der Waals surface area (Å²) in [6.07, 6.45) is 10.7. The third-order valence-corrected chi connectivity index (χ3v) is 9.33. The molecule has 2 aromatic rings. The Kier molecular flexibility index (Phi) is 13.1. The van der Waals surface area contributed by atoms with Gasteiger partial charge in [-0.25, -0.2) is 0 Å². The van der Waals surface area contributed by atoms with E-state index in [0.29, 0.717) is 68.2 Å². The van der Waals surface area contributed by atoms with Crippen molar-refractivity contribution in [1.82, 2.24) is 0 Å². The SMILES string of the molecule is COc1cc(Oc2cc(OC)c(N=NC=C3C=C(C(C)(C)C)C(=O)C(C(C)(C)C)=C3)c(OC)c2)cc(OC)c1N=NC=C1C=C(C(C)(C)C)C(=O)C(C(C)(C)C)=C1. The number of hydrogen-bond donors (Lipinski definition) is 0. The monoisotopic (exact) mass is 778 g/mol. The highest BCUT2D eigenvalue weighted by atomic mass is 16.5. The molecule has 57 heavy (non-hydrogen) atoms. The Balaban J connectivity index is 1.67. The molecule has 0 saturated carbocycles. The van der Waals surface area contributed by atoms with Crippen molar-refractivity contribution in [2.75, 3.05) is 28.4 Å². The predicted octanol–water partition coefficient (Wildman–Crippen LogP) is 12.5. The normalized spacial score (nSPS) is 15.6. The Morgan fingerprint density at radius 2 is 0.684 bits per heavy atom. The molecule has 0 saturated heterocycles. The van der Waals surface area contributed by atoms with E-state index in [0.717, 1.165) is 11.1 Å². The van der Waals surface area contributed by atoms with E-state index in [9.17, 15) is 9.59 Å². The summed E-state index contributed by atoms with van der Waals surface area (Å²) in [6.45, 7) is 24.3. The van der Waals surface area contributed by atoms with Crippen LogP contribution in [0.3, 0.4) is 0 Å². The number of benzene rings is 2. The van der Waals surface area contributed by atoms with Crippen LogP contribution in [0.5, 0.6) is 34.5 Å². The molecule has 11 heteroatoms. The Morgan fingerprint density at radius 3 is 0.895 bits per heavy atom. The molecule has 0 N–H and O–H groups in total. The van der Waals surface area contributed by atoms with Gasteiger partial charge in [0, 0.05) is 46.6 Å². The van der Waals surface area contributed by atoms with Crippen LogP contribution in [0.15, 0.2) is 115 Å². The largest absolute Gasteiger partial charge is 0.494 e. The number of methoxy groups -OCH3 is 4. The van der Waals surface area contributed by atoms with Gasteiger partial charge in [0.05, 0.1) is 40.8 Å². The second kappa shape index (κ2) is 16.9. The number of carbonyl (C=O) groups excluding carboxylic acids is 2. The minimum Gasteiger partial charge on any atom is -0.494 e. The van der Waals surface area contributed by atoms with Crippen molar-refractivity contribution in [2.24, 2.45) is 42.1 Å². The Bertz CT molecular complexity index is 1890. The summed E-state index contributed by atoms with van der Waals surface area (Å²) in [4.78, 5) is 26.7. The van der Waals surface area contributed by atoms with Crippen LogP contribution in [0.25, 0.3) is 0 Å². The summed E-state index contributed by atoms with van der Waals surface area (Å²) in [5.41, 5.74) is 3.69. The van der Waals surface area contributed by atoms with Crippen molar-refractivity contribution >= 4 is 22.9 Å². The van der Waals surface area contributed by atoms with Gasteiger partial charge >= 0.3 is 0 Å². The fourth-order valence-corrected chi connectivity index (χ4v) is 6.18. The molecule has 0 radical (unpaired) electrons. The summed E-state index contributed by atoms with van der Waals surface area (Å²) >= 11 is 0. The first-order valence-electron chi connectivity index (χ1n) is 18.8. The van der Waals surface area contributed by atoms with Crippen molar-refractivity contribution in [3.8, 4) is 34.5 Å². The lowest BCUT2D eigenvalue weighted by atomic mass is 9.72. The first-order valence-corrected chi connectivity index (χ1v) is 18.8. The molecular formula is C46H58N4O7. The molecule has 11 nitrogen and oxygen atoms in total. The van der Waals surface area contributed by atoms with Crippen LogP contribution in [-0.4, -0.2) is 40.0 Å².